The van der Waals surface area contributed by atoms with Gasteiger partial charge >= 0.3 is 5.97 Å². The summed E-state index contributed by atoms with van der Waals surface area (Å²) >= 11 is 0. The normalized spacial score (nSPS) is 15.9. The molecule has 3 atom stereocenters. The van der Waals surface area contributed by atoms with Gasteiger partial charge in [-0.3, -0.25) is 13.8 Å². The van der Waals surface area contributed by atoms with Gasteiger partial charge in [-0.25, -0.2) is 0 Å². The van der Waals surface area contributed by atoms with Crippen LogP contribution in [0.3, 0.4) is 0 Å². The Morgan fingerprint density at radius 1 is 1.41 bits per heavy atom. The fourth-order valence-electron chi connectivity index (χ4n) is 1.00. The lowest BCUT2D eigenvalue weighted by Crippen LogP contribution is -2.38. The Kier molecular flexibility index (Phi) is 7.73. The van der Waals surface area contributed by atoms with Gasteiger partial charge in [-0.2, -0.15) is 0 Å². The Labute approximate surface area is 103 Å². The number of hydrogen-bond acceptors (Lipinski definition) is 4. The molecule has 6 nitrogen and oxygen atoms in total. The maximum Gasteiger partial charge on any atom is 0.307 e. The molecule has 0 aromatic heterocycles. The molecule has 3 unspecified atom stereocenters. The van der Waals surface area contributed by atoms with E-state index in [1.54, 1.807) is 0 Å². The van der Waals surface area contributed by atoms with E-state index in [9.17, 15) is 13.8 Å². The van der Waals surface area contributed by atoms with Crippen molar-refractivity contribution in [1.29, 1.82) is 0 Å². The highest BCUT2D eigenvalue weighted by atomic mass is 32.2. The van der Waals surface area contributed by atoms with Gasteiger partial charge in [0.25, 0.3) is 0 Å². The minimum atomic E-state index is -1.48. The van der Waals surface area contributed by atoms with Gasteiger partial charge in [0.2, 0.25) is 5.91 Å². The first-order chi connectivity index (χ1) is 7.90. The largest absolute Gasteiger partial charge is 0.481 e. The predicted octanol–water partition coefficient (Wildman–Crippen LogP) is -0.393. The summed E-state index contributed by atoms with van der Waals surface area (Å²) in [7, 11) is 0.0315. The van der Waals surface area contributed by atoms with E-state index in [-0.39, 0.29) is 11.7 Å². The summed E-state index contributed by atoms with van der Waals surface area (Å²) in [5.41, 5.74) is 0. The van der Waals surface area contributed by atoms with Gasteiger partial charge < -0.3 is 15.2 Å². The Hall–Kier alpha value is -0.950. The van der Waals surface area contributed by atoms with Crippen molar-refractivity contribution in [3.05, 3.63) is 0 Å². The molecule has 0 aliphatic rings. The number of methoxy groups -OCH3 is 1. The number of amides is 1. The summed E-state index contributed by atoms with van der Waals surface area (Å²) < 4.78 is 16.4. The van der Waals surface area contributed by atoms with Crippen LogP contribution in [0.2, 0.25) is 0 Å². The Morgan fingerprint density at radius 3 is 2.47 bits per heavy atom. The molecule has 0 bridgehead atoms. The standard InChI is InChI=1S/C10H19NO5S/c1-7(10(13)14)6-17(15)8(2)9(12)11-4-5-16-3/h7-8H,4-6H2,1-3H3,(H,11,12)(H,13,14). The van der Waals surface area contributed by atoms with Crippen LogP contribution in [-0.4, -0.2) is 52.5 Å². The van der Waals surface area contributed by atoms with Gasteiger partial charge in [-0.15, -0.1) is 0 Å². The summed E-state index contributed by atoms with van der Waals surface area (Å²) in [6, 6.07) is 0. The first kappa shape index (κ1) is 16.1. The van der Waals surface area contributed by atoms with E-state index in [0.717, 1.165) is 0 Å². The smallest absolute Gasteiger partial charge is 0.307 e. The second kappa shape index (κ2) is 8.19. The van der Waals surface area contributed by atoms with E-state index < -0.39 is 27.9 Å². The number of carbonyl (C=O) groups excluding carboxylic acids is 1. The quantitative estimate of drug-likeness (QED) is 0.583. The number of carboxylic acid groups (broad SMARTS) is 1. The van der Waals surface area contributed by atoms with Gasteiger partial charge in [-0.1, -0.05) is 6.92 Å². The number of ether oxygens (including phenoxy) is 1. The predicted molar refractivity (Wildman–Crippen MR) is 64.2 cm³/mol. The summed E-state index contributed by atoms with van der Waals surface area (Å²) in [5, 5.41) is 10.5. The highest BCUT2D eigenvalue weighted by Gasteiger charge is 2.23. The second-order valence-corrected chi connectivity index (χ2v) is 5.51. The van der Waals surface area contributed by atoms with Crippen molar-refractivity contribution in [2.24, 2.45) is 5.92 Å². The maximum absolute atomic E-state index is 11.7. The van der Waals surface area contributed by atoms with Crippen LogP contribution in [0.1, 0.15) is 13.8 Å². The van der Waals surface area contributed by atoms with Crippen molar-refractivity contribution in [2.75, 3.05) is 26.0 Å². The third-order valence-corrected chi connectivity index (χ3v) is 4.04. The Balaban J connectivity index is 4.11. The first-order valence-electron chi connectivity index (χ1n) is 5.26. The highest BCUT2D eigenvalue weighted by molar-refractivity contribution is 7.86. The zero-order valence-corrected chi connectivity index (χ0v) is 11.1. The molecule has 0 aromatic rings. The van der Waals surface area contributed by atoms with Gasteiger partial charge in [0.15, 0.2) is 0 Å². The molecule has 0 heterocycles. The third-order valence-electron chi connectivity index (χ3n) is 2.20. The zero-order valence-electron chi connectivity index (χ0n) is 10.3. The molecule has 0 fully saturated rings. The van der Waals surface area contributed by atoms with E-state index in [4.69, 9.17) is 9.84 Å². The molecule has 7 heteroatoms. The van der Waals surface area contributed by atoms with E-state index in [1.807, 2.05) is 0 Å². The highest BCUT2D eigenvalue weighted by Crippen LogP contribution is 2.04. The van der Waals surface area contributed by atoms with Crippen LogP contribution >= 0.6 is 0 Å². The van der Waals surface area contributed by atoms with E-state index in [0.29, 0.717) is 13.2 Å². The molecule has 0 radical (unpaired) electrons. The monoisotopic (exact) mass is 265 g/mol. The topological polar surface area (TPSA) is 92.7 Å². The number of aliphatic carboxylic acids is 1. The molecule has 0 aliphatic heterocycles. The second-order valence-electron chi connectivity index (χ2n) is 3.71. The molecule has 2 N–H and O–H groups in total. The Bertz CT molecular complexity index is 294. The molecule has 0 aromatic carbocycles. The van der Waals surface area contributed by atoms with Crippen molar-refractivity contribution in [3.8, 4) is 0 Å². The lowest BCUT2D eigenvalue weighted by atomic mass is 10.2. The molecular weight excluding hydrogens is 246 g/mol. The van der Waals surface area contributed by atoms with Gasteiger partial charge in [-0.05, 0) is 6.92 Å². The van der Waals surface area contributed by atoms with Crippen LogP contribution in [-0.2, 0) is 25.1 Å². The molecule has 100 valence electrons. The summed E-state index contributed by atoms with van der Waals surface area (Å²) in [6.45, 7) is 3.73. The molecule has 17 heavy (non-hydrogen) atoms. The molecule has 0 saturated carbocycles. The van der Waals surface area contributed by atoms with Gasteiger partial charge in [0.1, 0.15) is 5.25 Å². The fraction of sp³-hybridized carbons (Fsp3) is 0.800. The average molecular weight is 265 g/mol. The number of carbonyl (C=O) groups is 2. The number of carboxylic acids is 1. The number of rotatable bonds is 8. The number of hydrogen-bond donors (Lipinski definition) is 2. The molecular formula is C10H19NO5S. The van der Waals surface area contributed by atoms with Crippen LogP contribution in [0.25, 0.3) is 0 Å². The van der Waals surface area contributed by atoms with Crippen molar-refractivity contribution in [3.63, 3.8) is 0 Å². The van der Waals surface area contributed by atoms with Crippen LogP contribution in [0.5, 0.6) is 0 Å². The van der Waals surface area contributed by atoms with E-state index >= 15 is 0 Å². The zero-order chi connectivity index (χ0) is 13.4. The van der Waals surface area contributed by atoms with Gasteiger partial charge in [0, 0.05) is 30.2 Å². The van der Waals surface area contributed by atoms with E-state index in [2.05, 4.69) is 5.32 Å². The third kappa shape index (κ3) is 6.38. The SMILES string of the molecule is COCCNC(=O)C(C)S(=O)CC(C)C(=O)O. The average Bonchev–Trinajstić information content (AvgIpc) is 2.27. The van der Waals surface area contributed by atoms with Crippen molar-refractivity contribution in [1.82, 2.24) is 5.32 Å². The van der Waals surface area contributed by atoms with Crippen molar-refractivity contribution >= 4 is 22.7 Å². The Morgan fingerprint density at radius 2 is 2.00 bits per heavy atom. The van der Waals surface area contributed by atoms with Crippen LogP contribution < -0.4 is 5.32 Å². The lowest BCUT2D eigenvalue weighted by Gasteiger charge is -2.13. The minimum Gasteiger partial charge on any atom is -0.481 e. The van der Waals surface area contributed by atoms with Crippen LogP contribution in [0.15, 0.2) is 0 Å². The number of nitrogens with one attached hydrogen (secondary N) is 1. The summed E-state index contributed by atoms with van der Waals surface area (Å²) in [6.07, 6.45) is 0. The van der Waals surface area contributed by atoms with Crippen molar-refractivity contribution in [2.45, 2.75) is 19.1 Å². The summed E-state index contributed by atoms with van der Waals surface area (Å²) in [4.78, 5) is 22.1. The first-order valence-corrected chi connectivity index (χ1v) is 6.65. The summed E-state index contributed by atoms with van der Waals surface area (Å²) in [5.74, 6) is -2.10. The van der Waals surface area contributed by atoms with E-state index in [1.165, 1.54) is 21.0 Å². The molecule has 0 aliphatic carbocycles. The molecule has 0 rings (SSSR count). The molecule has 0 spiro atoms. The minimum absolute atomic E-state index is 0.0196. The molecule has 0 saturated heterocycles. The maximum atomic E-state index is 11.7. The fourth-order valence-corrected chi connectivity index (χ4v) is 2.25. The molecule has 1 amide bonds. The van der Waals surface area contributed by atoms with Gasteiger partial charge in [0.05, 0.1) is 12.5 Å². The van der Waals surface area contributed by atoms with Crippen LogP contribution in [0.4, 0.5) is 0 Å². The van der Waals surface area contributed by atoms with Crippen molar-refractivity contribution < 1.29 is 23.6 Å². The van der Waals surface area contributed by atoms with Crippen LogP contribution in [0, 0.1) is 5.92 Å². The lowest BCUT2D eigenvalue weighted by molar-refractivity contribution is -0.140.